The van der Waals surface area contributed by atoms with Gasteiger partial charge in [-0.1, -0.05) is 0 Å². The summed E-state index contributed by atoms with van der Waals surface area (Å²) in [6.07, 6.45) is 0. The molecule has 0 saturated heterocycles. The molecule has 3 rings (SSSR count). The van der Waals surface area contributed by atoms with Crippen LogP contribution in [0.5, 0.6) is 5.75 Å². The van der Waals surface area contributed by atoms with Gasteiger partial charge < -0.3 is 9.84 Å². The first kappa shape index (κ1) is 15.7. The van der Waals surface area contributed by atoms with Crippen LogP contribution in [0.3, 0.4) is 0 Å². The van der Waals surface area contributed by atoms with Gasteiger partial charge in [-0.15, -0.1) is 0 Å². The van der Waals surface area contributed by atoms with Gasteiger partial charge in [0, 0.05) is 5.56 Å². The Morgan fingerprint density at radius 2 is 1.75 bits per heavy atom. The smallest absolute Gasteiger partial charge is 0.339 e. The lowest BCUT2D eigenvalue weighted by atomic mass is 10.1. The Hall–Kier alpha value is -3.15. The molecule has 24 heavy (non-hydrogen) atoms. The number of carbonyl (C=O) groups is 1. The maximum atomic E-state index is 13.2. The number of nitrogens with zero attached hydrogens (tertiary/aromatic N) is 2. The van der Waals surface area contributed by atoms with Gasteiger partial charge in [-0.25, -0.2) is 13.9 Å². The highest BCUT2D eigenvalue weighted by Crippen LogP contribution is 2.30. The summed E-state index contributed by atoms with van der Waals surface area (Å²) in [6, 6.07) is 12.8. The molecule has 0 amide bonds. The van der Waals surface area contributed by atoms with Crippen LogP contribution in [0.25, 0.3) is 16.9 Å². The van der Waals surface area contributed by atoms with Crippen LogP contribution in [0, 0.1) is 12.7 Å². The second-order valence-corrected chi connectivity index (χ2v) is 5.23. The largest absolute Gasteiger partial charge is 0.497 e. The number of hydrogen-bond donors (Lipinski definition) is 1. The lowest BCUT2D eigenvalue weighted by Crippen LogP contribution is -2.03. The number of benzene rings is 2. The number of methoxy groups -OCH3 is 1. The van der Waals surface area contributed by atoms with Gasteiger partial charge in [0.2, 0.25) is 0 Å². The number of aromatic nitrogens is 2. The molecule has 0 aliphatic carbocycles. The molecule has 122 valence electrons. The molecule has 5 nitrogen and oxygen atoms in total. The number of aryl methyl sites for hydroxylation is 1. The van der Waals surface area contributed by atoms with Crippen LogP contribution < -0.4 is 4.74 Å². The van der Waals surface area contributed by atoms with Crippen molar-refractivity contribution in [3.63, 3.8) is 0 Å². The van der Waals surface area contributed by atoms with E-state index in [1.807, 2.05) is 0 Å². The zero-order valence-electron chi connectivity index (χ0n) is 13.2. The summed E-state index contributed by atoms with van der Waals surface area (Å²) in [5.74, 6) is -0.765. The molecule has 1 aromatic heterocycles. The van der Waals surface area contributed by atoms with E-state index < -0.39 is 5.97 Å². The molecule has 0 spiro atoms. The molecule has 0 saturated carbocycles. The van der Waals surface area contributed by atoms with Gasteiger partial charge in [0.05, 0.1) is 24.2 Å². The Kier molecular flexibility index (Phi) is 4.04. The van der Waals surface area contributed by atoms with Crippen LogP contribution in [0.1, 0.15) is 16.1 Å². The van der Waals surface area contributed by atoms with Gasteiger partial charge in [0.25, 0.3) is 0 Å². The van der Waals surface area contributed by atoms with E-state index in [0.29, 0.717) is 28.4 Å². The van der Waals surface area contributed by atoms with Gasteiger partial charge in [-0.2, -0.15) is 5.10 Å². The summed E-state index contributed by atoms with van der Waals surface area (Å²) >= 11 is 0. The highest BCUT2D eigenvalue weighted by molar-refractivity contribution is 5.96. The van der Waals surface area contributed by atoms with E-state index in [-0.39, 0.29) is 11.4 Å². The summed E-state index contributed by atoms with van der Waals surface area (Å²) in [5.41, 5.74) is 2.20. The van der Waals surface area contributed by atoms with E-state index in [1.165, 1.54) is 16.8 Å². The molecule has 0 unspecified atom stereocenters. The van der Waals surface area contributed by atoms with Crippen molar-refractivity contribution in [2.45, 2.75) is 6.92 Å². The molecule has 0 aliphatic heterocycles. The van der Waals surface area contributed by atoms with Crippen molar-refractivity contribution in [3.05, 3.63) is 65.6 Å². The topological polar surface area (TPSA) is 64.3 Å². The van der Waals surface area contributed by atoms with Gasteiger partial charge in [0.1, 0.15) is 17.1 Å². The third kappa shape index (κ3) is 2.74. The van der Waals surface area contributed by atoms with Crippen LogP contribution >= 0.6 is 0 Å². The Morgan fingerprint density at radius 1 is 1.12 bits per heavy atom. The summed E-state index contributed by atoms with van der Waals surface area (Å²) < 4.78 is 19.8. The van der Waals surface area contributed by atoms with Crippen molar-refractivity contribution in [1.29, 1.82) is 0 Å². The van der Waals surface area contributed by atoms with Crippen molar-refractivity contribution in [3.8, 4) is 22.7 Å². The molecule has 6 heteroatoms. The molecule has 2 aromatic carbocycles. The summed E-state index contributed by atoms with van der Waals surface area (Å²) in [5, 5.41) is 13.9. The monoisotopic (exact) mass is 326 g/mol. The predicted octanol–water partition coefficient (Wildman–Crippen LogP) is 3.69. The van der Waals surface area contributed by atoms with Gasteiger partial charge in [-0.05, 0) is 55.5 Å². The first-order chi connectivity index (χ1) is 11.5. The Bertz CT molecular complexity index is 884. The van der Waals surface area contributed by atoms with Crippen molar-refractivity contribution >= 4 is 5.97 Å². The normalized spacial score (nSPS) is 10.6. The average Bonchev–Trinajstić information content (AvgIpc) is 2.93. The minimum absolute atomic E-state index is 0.115. The predicted molar refractivity (Wildman–Crippen MR) is 87.2 cm³/mol. The third-order valence-electron chi connectivity index (χ3n) is 3.71. The molecule has 1 N–H and O–H groups in total. The first-order valence-electron chi connectivity index (χ1n) is 7.24. The second kappa shape index (κ2) is 6.16. The highest BCUT2D eigenvalue weighted by atomic mass is 19.1. The fourth-order valence-corrected chi connectivity index (χ4v) is 2.57. The number of rotatable bonds is 4. The van der Waals surface area contributed by atoms with Crippen LogP contribution in [0.4, 0.5) is 4.39 Å². The Morgan fingerprint density at radius 3 is 2.29 bits per heavy atom. The number of carboxylic acid groups (broad SMARTS) is 1. The molecule has 0 aliphatic rings. The van der Waals surface area contributed by atoms with E-state index in [9.17, 15) is 14.3 Å². The molecular formula is C18H15FN2O3. The third-order valence-corrected chi connectivity index (χ3v) is 3.71. The Balaban J connectivity index is 2.24. The SMILES string of the molecule is COc1ccc(-c2c(C(=O)O)c(C)nn2-c2ccc(F)cc2)cc1. The fourth-order valence-electron chi connectivity index (χ4n) is 2.57. The Labute approximate surface area is 137 Å². The minimum Gasteiger partial charge on any atom is -0.497 e. The zero-order valence-corrected chi connectivity index (χ0v) is 13.2. The van der Waals surface area contributed by atoms with E-state index >= 15 is 0 Å². The average molecular weight is 326 g/mol. The van der Waals surface area contributed by atoms with E-state index in [0.717, 1.165) is 0 Å². The second-order valence-electron chi connectivity index (χ2n) is 5.23. The van der Waals surface area contributed by atoms with Crippen molar-refractivity contribution in [2.24, 2.45) is 0 Å². The molecule has 0 bridgehead atoms. The maximum absolute atomic E-state index is 13.2. The molecule has 0 atom stereocenters. The summed E-state index contributed by atoms with van der Waals surface area (Å²) in [7, 11) is 1.56. The molecule has 1 heterocycles. The van der Waals surface area contributed by atoms with Gasteiger partial charge in [0.15, 0.2) is 0 Å². The minimum atomic E-state index is -1.06. The number of carboxylic acids is 1. The number of halogens is 1. The lowest BCUT2D eigenvalue weighted by Gasteiger charge is -2.09. The van der Waals surface area contributed by atoms with E-state index in [4.69, 9.17) is 4.74 Å². The van der Waals surface area contributed by atoms with Crippen LogP contribution in [0.15, 0.2) is 48.5 Å². The van der Waals surface area contributed by atoms with E-state index in [1.54, 1.807) is 50.4 Å². The van der Waals surface area contributed by atoms with E-state index in [2.05, 4.69) is 5.10 Å². The first-order valence-corrected chi connectivity index (χ1v) is 7.24. The van der Waals surface area contributed by atoms with Gasteiger partial charge in [-0.3, -0.25) is 0 Å². The number of ether oxygens (including phenoxy) is 1. The lowest BCUT2D eigenvalue weighted by molar-refractivity contribution is 0.0697. The number of aromatic carboxylic acids is 1. The maximum Gasteiger partial charge on any atom is 0.339 e. The molecule has 0 fully saturated rings. The standard InChI is InChI=1S/C18H15FN2O3/c1-11-16(18(22)23)17(12-3-9-15(24-2)10-4-12)21(20-11)14-7-5-13(19)6-8-14/h3-10H,1-2H3,(H,22,23). The summed E-state index contributed by atoms with van der Waals surface area (Å²) in [4.78, 5) is 11.7. The van der Waals surface area contributed by atoms with Crippen molar-refractivity contribution < 1.29 is 19.0 Å². The van der Waals surface area contributed by atoms with Crippen molar-refractivity contribution in [1.82, 2.24) is 9.78 Å². The van der Waals surface area contributed by atoms with Crippen LogP contribution in [-0.4, -0.2) is 28.0 Å². The fraction of sp³-hybridized carbons (Fsp3) is 0.111. The highest BCUT2D eigenvalue weighted by Gasteiger charge is 2.23. The van der Waals surface area contributed by atoms with Crippen LogP contribution in [0.2, 0.25) is 0 Å². The summed E-state index contributed by atoms with van der Waals surface area (Å²) in [6.45, 7) is 1.64. The molecular weight excluding hydrogens is 311 g/mol. The van der Waals surface area contributed by atoms with Crippen molar-refractivity contribution in [2.75, 3.05) is 7.11 Å². The molecule has 0 radical (unpaired) electrons. The quantitative estimate of drug-likeness (QED) is 0.794. The van der Waals surface area contributed by atoms with Crippen LogP contribution in [-0.2, 0) is 0 Å². The zero-order chi connectivity index (χ0) is 17.3. The number of hydrogen-bond acceptors (Lipinski definition) is 3. The molecule has 3 aromatic rings. The van der Waals surface area contributed by atoms with Gasteiger partial charge >= 0.3 is 5.97 Å².